The number of nitrogens with zero attached hydrogens (tertiary/aromatic N) is 2. The number of nitrogens with one attached hydrogen (secondary N) is 1. The van der Waals surface area contributed by atoms with Gasteiger partial charge in [-0.3, -0.25) is 13.9 Å². The van der Waals surface area contributed by atoms with Gasteiger partial charge in [-0.2, -0.15) is 0 Å². The van der Waals surface area contributed by atoms with Gasteiger partial charge in [0.25, 0.3) is 0 Å². The zero-order valence-corrected chi connectivity index (χ0v) is 22.5. The highest BCUT2D eigenvalue weighted by Gasteiger charge is 2.33. The number of halogens is 3. The Hall–Kier alpha value is -3.14. The fourth-order valence-corrected chi connectivity index (χ4v) is 5.00. The van der Waals surface area contributed by atoms with E-state index < -0.39 is 40.2 Å². The lowest BCUT2D eigenvalue weighted by Crippen LogP contribution is -2.52. The second-order valence-corrected chi connectivity index (χ2v) is 11.0. The van der Waals surface area contributed by atoms with E-state index in [4.69, 9.17) is 23.2 Å². The number of carbonyl (C=O) groups excluding carboxylic acids is 2. The van der Waals surface area contributed by atoms with E-state index in [0.29, 0.717) is 10.6 Å². The molecule has 0 aromatic heterocycles. The standard InChI is InChI=1S/C26H26Cl2FN3O4S/c1-30-26(34)24(14-18-8-4-3-5-9-18)31(16-19-10-6-7-11-21(19)27)25(33)17-32(37(2,35)36)20-12-13-23(29)22(28)15-20/h3-13,15,24H,14,16-17H2,1-2H3,(H,30,34). The van der Waals surface area contributed by atoms with Gasteiger partial charge in [0.05, 0.1) is 17.0 Å². The first-order valence-electron chi connectivity index (χ1n) is 11.2. The van der Waals surface area contributed by atoms with Gasteiger partial charge in [-0.25, -0.2) is 12.8 Å². The van der Waals surface area contributed by atoms with Crippen LogP contribution in [0, 0.1) is 5.82 Å². The first-order chi connectivity index (χ1) is 17.5. The van der Waals surface area contributed by atoms with Crippen molar-refractivity contribution in [3.63, 3.8) is 0 Å². The molecule has 0 fully saturated rings. The fraction of sp³-hybridized carbons (Fsp3) is 0.231. The average molecular weight is 566 g/mol. The highest BCUT2D eigenvalue weighted by Crippen LogP contribution is 2.26. The normalized spacial score (nSPS) is 12.0. The maximum Gasteiger partial charge on any atom is 0.244 e. The summed E-state index contributed by atoms with van der Waals surface area (Å²) in [5, 5.41) is 2.69. The zero-order chi connectivity index (χ0) is 27.2. The molecule has 11 heteroatoms. The van der Waals surface area contributed by atoms with E-state index in [9.17, 15) is 22.4 Å². The van der Waals surface area contributed by atoms with Crippen molar-refractivity contribution in [3.05, 3.63) is 99.8 Å². The molecule has 0 bridgehead atoms. The van der Waals surface area contributed by atoms with E-state index >= 15 is 0 Å². The Kier molecular flexibility index (Phi) is 9.53. The number of rotatable bonds is 10. The van der Waals surface area contributed by atoms with E-state index in [2.05, 4.69) is 5.32 Å². The van der Waals surface area contributed by atoms with Gasteiger partial charge in [-0.1, -0.05) is 71.7 Å². The smallest absolute Gasteiger partial charge is 0.244 e. The fourth-order valence-electron chi connectivity index (χ4n) is 3.78. The van der Waals surface area contributed by atoms with Gasteiger partial charge in [0.1, 0.15) is 18.4 Å². The molecule has 3 rings (SSSR count). The molecule has 2 amide bonds. The van der Waals surface area contributed by atoms with E-state index in [1.807, 2.05) is 30.3 Å². The van der Waals surface area contributed by atoms with Crippen molar-refractivity contribution in [2.75, 3.05) is 24.2 Å². The molecule has 0 aliphatic heterocycles. The number of amides is 2. The molecular formula is C26H26Cl2FN3O4S. The quantitative estimate of drug-likeness (QED) is 0.397. The van der Waals surface area contributed by atoms with Crippen molar-refractivity contribution < 1.29 is 22.4 Å². The van der Waals surface area contributed by atoms with Crippen LogP contribution in [0.25, 0.3) is 0 Å². The molecule has 1 atom stereocenters. The summed E-state index contributed by atoms with van der Waals surface area (Å²) in [6.45, 7) is -0.696. The average Bonchev–Trinajstić information content (AvgIpc) is 2.86. The van der Waals surface area contributed by atoms with Crippen LogP contribution in [-0.4, -0.2) is 51.0 Å². The molecule has 7 nitrogen and oxygen atoms in total. The topological polar surface area (TPSA) is 86.8 Å². The number of benzene rings is 3. The minimum atomic E-state index is -3.99. The molecule has 37 heavy (non-hydrogen) atoms. The minimum absolute atomic E-state index is 0.0134. The number of sulfonamides is 1. The maximum absolute atomic E-state index is 13.8. The Bertz CT molecular complexity index is 1370. The van der Waals surface area contributed by atoms with Crippen molar-refractivity contribution in [2.24, 2.45) is 0 Å². The Balaban J connectivity index is 2.05. The van der Waals surface area contributed by atoms with Gasteiger partial charge in [-0.15, -0.1) is 0 Å². The number of carbonyl (C=O) groups is 2. The summed E-state index contributed by atoms with van der Waals surface area (Å²) in [6.07, 6.45) is 1.11. The second kappa shape index (κ2) is 12.4. The van der Waals surface area contributed by atoms with E-state index in [0.717, 1.165) is 28.3 Å². The van der Waals surface area contributed by atoms with Crippen molar-refractivity contribution in [2.45, 2.75) is 19.0 Å². The Morgan fingerprint density at radius 1 is 0.973 bits per heavy atom. The highest BCUT2D eigenvalue weighted by molar-refractivity contribution is 7.92. The third-order valence-corrected chi connectivity index (χ3v) is 7.49. The zero-order valence-electron chi connectivity index (χ0n) is 20.2. The SMILES string of the molecule is CNC(=O)C(Cc1ccccc1)N(Cc1ccccc1Cl)C(=O)CN(c1ccc(F)c(Cl)c1)S(C)(=O)=O. The maximum atomic E-state index is 13.8. The summed E-state index contributed by atoms with van der Waals surface area (Å²) in [4.78, 5) is 28.1. The Labute approximate surface area is 225 Å². The molecule has 196 valence electrons. The lowest BCUT2D eigenvalue weighted by Gasteiger charge is -2.33. The number of hydrogen-bond donors (Lipinski definition) is 1. The predicted octanol–water partition coefficient (Wildman–Crippen LogP) is 4.28. The molecule has 1 N–H and O–H groups in total. The number of anilines is 1. The van der Waals surface area contributed by atoms with Gasteiger partial charge < -0.3 is 10.2 Å². The van der Waals surface area contributed by atoms with Crippen molar-refractivity contribution in [3.8, 4) is 0 Å². The van der Waals surface area contributed by atoms with Crippen molar-refractivity contribution in [1.29, 1.82) is 0 Å². The Morgan fingerprint density at radius 2 is 1.62 bits per heavy atom. The molecule has 0 saturated heterocycles. The van der Waals surface area contributed by atoms with Gasteiger partial charge in [0.2, 0.25) is 21.8 Å². The molecular weight excluding hydrogens is 540 g/mol. The van der Waals surface area contributed by atoms with Crippen molar-refractivity contribution >= 4 is 50.7 Å². The lowest BCUT2D eigenvalue weighted by molar-refractivity contribution is -0.139. The molecule has 3 aromatic rings. The van der Waals surface area contributed by atoms with Crippen LogP contribution in [0.5, 0.6) is 0 Å². The summed E-state index contributed by atoms with van der Waals surface area (Å²) >= 11 is 12.2. The van der Waals surface area contributed by atoms with Gasteiger partial charge >= 0.3 is 0 Å². The van der Waals surface area contributed by atoms with E-state index in [1.165, 1.54) is 18.0 Å². The minimum Gasteiger partial charge on any atom is -0.357 e. The molecule has 3 aromatic carbocycles. The van der Waals surface area contributed by atoms with E-state index in [1.54, 1.807) is 24.3 Å². The third-order valence-electron chi connectivity index (χ3n) is 5.69. The summed E-state index contributed by atoms with van der Waals surface area (Å²) in [7, 11) is -2.53. The van der Waals surface area contributed by atoms with Crippen molar-refractivity contribution in [1.82, 2.24) is 10.2 Å². The van der Waals surface area contributed by atoms with Crippen LogP contribution in [0.15, 0.2) is 72.8 Å². The molecule has 0 heterocycles. The lowest BCUT2D eigenvalue weighted by atomic mass is 10.0. The van der Waals surface area contributed by atoms with Gasteiger partial charge in [-0.05, 0) is 35.4 Å². The van der Waals surface area contributed by atoms with Crippen LogP contribution in [0.3, 0.4) is 0 Å². The van der Waals surface area contributed by atoms with Crippen LogP contribution in [0.2, 0.25) is 10.0 Å². The summed E-state index contributed by atoms with van der Waals surface area (Å²) in [5.74, 6) is -1.82. The first kappa shape index (κ1) is 28.4. The van der Waals surface area contributed by atoms with Gasteiger partial charge in [0.15, 0.2) is 0 Å². The van der Waals surface area contributed by atoms with Crippen LogP contribution < -0.4 is 9.62 Å². The van der Waals surface area contributed by atoms with Crippen LogP contribution in [0.1, 0.15) is 11.1 Å². The number of likely N-dealkylation sites (N-methyl/N-ethyl adjacent to an activating group) is 1. The first-order valence-corrected chi connectivity index (χ1v) is 13.8. The largest absolute Gasteiger partial charge is 0.357 e. The second-order valence-electron chi connectivity index (χ2n) is 8.30. The number of hydrogen-bond acceptors (Lipinski definition) is 4. The molecule has 0 aliphatic carbocycles. The monoisotopic (exact) mass is 565 g/mol. The highest BCUT2D eigenvalue weighted by atomic mass is 35.5. The Morgan fingerprint density at radius 3 is 2.22 bits per heavy atom. The molecule has 0 saturated carbocycles. The predicted molar refractivity (Wildman–Crippen MR) is 144 cm³/mol. The third kappa shape index (κ3) is 7.44. The summed E-state index contributed by atoms with van der Waals surface area (Å²) < 4.78 is 39.9. The van der Waals surface area contributed by atoms with Crippen LogP contribution >= 0.6 is 23.2 Å². The van der Waals surface area contributed by atoms with Gasteiger partial charge in [0, 0.05) is 25.0 Å². The molecule has 0 aliphatic rings. The summed E-state index contributed by atoms with van der Waals surface area (Å²) in [6, 6.07) is 18.4. The van der Waals surface area contributed by atoms with Crippen LogP contribution in [0.4, 0.5) is 10.1 Å². The van der Waals surface area contributed by atoms with Crippen LogP contribution in [-0.2, 0) is 32.6 Å². The summed E-state index contributed by atoms with van der Waals surface area (Å²) in [5.41, 5.74) is 1.40. The molecule has 0 radical (unpaired) electrons. The molecule has 1 unspecified atom stereocenters. The molecule has 0 spiro atoms. The van der Waals surface area contributed by atoms with E-state index in [-0.39, 0.29) is 23.7 Å².